The molecule has 0 aliphatic rings. The molecule has 0 heterocycles. The Labute approximate surface area is 81.1 Å². The van der Waals surface area contributed by atoms with Gasteiger partial charge in [0.15, 0.2) is 0 Å². The van der Waals surface area contributed by atoms with Crippen molar-refractivity contribution in [2.75, 3.05) is 13.6 Å². The van der Waals surface area contributed by atoms with Crippen LogP contribution in [0.15, 0.2) is 5.10 Å². The normalized spacial score (nSPS) is 10.7. The topological polar surface area (TPSA) is 53.6 Å². The first-order valence-electron chi connectivity index (χ1n) is 5.00. The van der Waals surface area contributed by atoms with E-state index in [9.17, 15) is 0 Å². The Morgan fingerprint density at radius 3 is 2.62 bits per heavy atom. The highest BCUT2D eigenvalue weighted by Gasteiger charge is 1.92. The van der Waals surface area contributed by atoms with Crippen LogP contribution in [-0.2, 0) is 0 Å². The van der Waals surface area contributed by atoms with Crippen molar-refractivity contribution >= 4 is 6.34 Å². The van der Waals surface area contributed by atoms with Gasteiger partial charge in [0.2, 0.25) is 0 Å². The van der Waals surface area contributed by atoms with E-state index in [0.29, 0.717) is 0 Å². The summed E-state index contributed by atoms with van der Waals surface area (Å²) in [6.07, 6.45) is 8.24. The van der Waals surface area contributed by atoms with Crippen LogP contribution in [0.1, 0.15) is 39.0 Å². The fourth-order valence-electron chi connectivity index (χ4n) is 1.15. The van der Waals surface area contributed by atoms with E-state index in [1.165, 1.54) is 32.1 Å². The first-order valence-corrected chi connectivity index (χ1v) is 5.00. The molecule has 3 N–H and O–H groups in total. The van der Waals surface area contributed by atoms with Crippen molar-refractivity contribution in [3.63, 3.8) is 0 Å². The summed E-state index contributed by atoms with van der Waals surface area (Å²) in [5.74, 6) is 5.00. The molecule has 0 saturated carbocycles. The number of hydrogen-bond acceptors (Lipinski definition) is 3. The Balaban J connectivity index is 3.16. The van der Waals surface area contributed by atoms with Crippen molar-refractivity contribution in [3.05, 3.63) is 0 Å². The van der Waals surface area contributed by atoms with E-state index in [1.807, 2.05) is 11.9 Å². The van der Waals surface area contributed by atoms with Crippen molar-refractivity contribution in [1.82, 2.24) is 10.4 Å². The third kappa shape index (κ3) is 9.14. The van der Waals surface area contributed by atoms with Gasteiger partial charge in [0.25, 0.3) is 0 Å². The summed E-state index contributed by atoms with van der Waals surface area (Å²) < 4.78 is 0. The van der Waals surface area contributed by atoms with Gasteiger partial charge in [-0.2, -0.15) is 5.10 Å². The molecule has 0 amide bonds. The molecule has 0 aromatic rings. The fourth-order valence-corrected chi connectivity index (χ4v) is 1.15. The second-order valence-corrected chi connectivity index (χ2v) is 3.27. The van der Waals surface area contributed by atoms with Crippen LogP contribution in [0, 0.1) is 0 Å². The molecule has 4 nitrogen and oxygen atoms in total. The molecular formula is C9H22N4. The molecule has 0 aliphatic carbocycles. The number of hydrazine groups is 1. The molecule has 0 aliphatic heterocycles. The lowest BCUT2D eigenvalue weighted by Crippen LogP contribution is -2.22. The highest BCUT2D eigenvalue weighted by atomic mass is 15.5. The van der Waals surface area contributed by atoms with Gasteiger partial charge in [-0.25, -0.2) is 11.4 Å². The van der Waals surface area contributed by atoms with Gasteiger partial charge in [-0.05, 0) is 6.42 Å². The zero-order chi connectivity index (χ0) is 9.94. The molecule has 0 radical (unpaired) electrons. The maximum absolute atomic E-state index is 5.00. The van der Waals surface area contributed by atoms with E-state index in [2.05, 4.69) is 17.6 Å². The van der Waals surface area contributed by atoms with Gasteiger partial charge in [-0.1, -0.05) is 32.6 Å². The van der Waals surface area contributed by atoms with Crippen LogP contribution >= 0.6 is 0 Å². The van der Waals surface area contributed by atoms with Crippen molar-refractivity contribution < 1.29 is 0 Å². The molecular weight excluding hydrogens is 164 g/mol. The molecule has 0 aromatic heterocycles. The third-order valence-corrected chi connectivity index (χ3v) is 1.94. The Morgan fingerprint density at radius 1 is 1.31 bits per heavy atom. The van der Waals surface area contributed by atoms with Crippen molar-refractivity contribution in [3.8, 4) is 0 Å². The lowest BCUT2D eigenvalue weighted by atomic mass is 10.1. The maximum Gasteiger partial charge on any atom is 0.112 e. The lowest BCUT2D eigenvalue weighted by Gasteiger charge is -2.11. The van der Waals surface area contributed by atoms with Crippen molar-refractivity contribution in [2.45, 2.75) is 39.0 Å². The standard InChI is InChI=1S/C9H22N4/c1-3-4-5-6-7-8-13(2)9-11-12-10/h9,12H,3-8,10H2,1-2H3. The van der Waals surface area contributed by atoms with Gasteiger partial charge >= 0.3 is 0 Å². The summed E-state index contributed by atoms with van der Waals surface area (Å²) in [5, 5.41) is 3.72. The molecule has 0 bridgehead atoms. The summed E-state index contributed by atoms with van der Waals surface area (Å²) >= 11 is 0. The van der Waals surface area contributed by atoms with E-state index in [1.54, 1.807) is 6.34 Å². The summed E-state index contributed by atoms with van der Waals surface area (Å²) in [4.78, 5) is 2.03. The molecule has 0 atom stereocenters. The van der Waals surface area contributed by atoms with E-state index >= 15 is 0 Å². The summed E-state index contributed by atoms with van der Waals surface area (Å²) in [5.41, 5.74) is 2.24. The van der Waals surface area contributed by atoms with Gasteiger partial charge < -0.3 is 4.90 Å². The molecule has 0 saturated heterocycles. The smallest absolute Gasteiger partial charge is 0.112 e. The minimum absolute atomic E-state index is 1.05. The van der Waals surface area contributed by atoms with Crippen LogP contribution in [-0.4, -0.2) is 24.8 Å². The van der Waals surface area contributed by atoms with Gasteiger partial charge in [-0.15, -0.1) is 0 Å². The van der Waals surface area contributed by atoms with Crippen LogP contribution in [0.2, 0.25) is 0 Å². The average Bonchev–Trinajstić information content (AvgIpc) is 2.14. The molecule has 78 valence electrons. The van der Waals surface area contributed by atoms with E-state index in [4.69, 9.17) is 5.84 Å². The van der Waals surface area contributed by atoms with Crippen molar-refractivity contribution in [2.24, 2.45) is 10.9 Å². The quantitative estimate of drug-likeness (QED) is 0.197. The maximum atomic E-state index is 5.00. The molecule has 0 aromatic carbocycles. The number of nitrogens with one attached hydrogen (secondary N) is 1. The van der Waals surface area contributed by atoms with Gasteiger partial charge in [0, 0.05) is 13.6 Å². The van der Waals surface area contributed by atoms with E-state index in [0.717, 1.165) is 6.54 Å². The Bertz CT molecular complexity index is 125. The molecule has 0 unspecified atom stereocenters. The van der Waals surface area contributed by atoms with E-state index < -0.39 is 0 Å². The first kappa shape index (κ1) is 12.2. The average molecular weight is 186 g/mol. The largest absolute Gasteiger partial charge is 0.364 e. The van der Waals surface area contributed by atoms with Crippen LogP contribution in [0.25, 0.3) is 0 Å². The minimum atomic E-state index is 1.05. The molecule has 4 heteroatoms. The van der Waals surface area contributed by atoms with Gasteiger partial charge in [0.05, 0.1) is 0 Å². The highest BCUT2D eigenvalue weighted by molar-refractivity contribution is 5.53. The highest BCUT2D eigenvalue weighted by Crippen LogP contribution is 2.02. The number of nitrogens with zero attached hydrogens (tertiary/aromatic N) is 2. The predicted molar refractivity (Wildman–Crippen MR) is 57.2 cm³/mol. The van der Waals surface area contributed by atoms with Crippen LogP contribution in [0.3, 0.4) is 0 Å². The number of nitrogens with two attached hydrogens (primary N) is 1. The lowest BCUT2D eigenvalue weighted by molar-refractivity contribution is 0.475. The molecule has 13 heavy (non-hydrogen) atoms. The van der Waals surface area contributed by atoms with Crippen molar-refractivity contribution in [1.29, 1.82) is 0 Å². The Hall–Kier alpha value is -0.770. The fraction of sp³-hybridized carbons (Fsp3) is 0.889. The first-order chi connectivity index (χ1) is 6.31. The van der Waals surface area contributed by atoms with Gasteiger partial charge in [-0.3, -0.25) is 0 Å². The number of unbranched alkanes of at least 4 members (excludes halogenated alkanes) is 4. The third-order valence-electron chi connectivity index (χ3n) is 1.94. The zero-order valence-electron chi connectivity index (χ0n) is 8.79. The second kappa shape index (κ2) is 9.32. The second-order valence-electron chi connectivity index (χ2n) is 3.27. The summed E-state index contributed by atoms with van der Waals surface area (Å²) in [6.45, 7) is 3.28. The monoisotopic (exact) mass is 186 g/mol. The number of hydrogen-bond donors (Lipinski definition) is 2. The number of hydrazone groups is 1. The van der Waals surface area contributed by atoms with Crippen LogP contribution in [0.4, 0.5) is 0 Å². The SMILES string of the molecule is CCCCCCCN(C)C=NNN. The van der Waals surface area contributed by atoms with Gasteiger partial charge in [0.1, 0.15) is 6.34 Å². The Kier molecular flexibility index (Phi) is 8.77. The minimum Gasteiger partial charge on any atom is -0.364 e. The van der Waals surface area contributed by atoms with E-state index in [-0.39, 0.29) is 0 Å². The Morgan fingerprint density at radius 2 is 2.00 bits per heavy atom. The molecule has 0 spiro atoms. The predicted octanol–water partition coefficient (Wildman–Crippen LogP) is 1.30. The zero-order valence-corrected chi connectivity index (χ0v) is 8.79. The molecule has 0 fully saturated rings. The molecule has 0 rings (SSSR count). The summed E-state index contributed by atoms with van der Waals surface area (Å²) in [6, 6.07) is 0. The van der Waals surface area contributed by atoms with Crippen LogP contribution < -0.4 is 11.4 Å². The number of rotatable bonds is 8. The summed E-state index contributed by atoms with van der Waals surface area (Å²) in [7, 11) is 2.00. The van der Waals surface area contributed by atoms with Crippen LogP contribution in [0.5, 0.6) is 0 Å².